The first kappa shape index (κ1) is 11.5. The predicted molar refractivity (Wildman–Crippen MR) is 66.9 cm³/mol. The molecule has 2 aliphatic rings. The van der Waals surface area contributed by atoms with Gasteiger partial charge in [-0.15, -0.1) is 0 Å². The summed E-state index contributed by atoms with van der Waals surface area (Å²) in [7, 11) is 0. The van der Waals surface area contributed by atoms with Gasteiger partial charge in [-0.25, -0.2) is 0 Å². The highest BCUT2D eigenvalue weighted by molar-refractivity contribution is 4.98. The summed E-state index contributed by atoms with van der Waals surface area (Å²) in [6.45, 7) is 9.98. The van der Waals surface area contributed by atoms with E-state index in [2.05, 4.69) is 27.7 Å². The standard InChI is InChI=1S/C15H28/c1-5-15(4)11-7-9-13(15)12-8-6-10-14(12,2)3/h12-13H,5-11H2,1-4H3/t12?,13?,15-/m1/s1. The van der Waals surface area contributed by atoms with Gasteiger partial charge < -0.3 is 0 Å². The summed E-state index contributed by atoms with van der Waals surface area (Å²) >= 11 is 0. The van der Waals surface area contributed by atoms with E-state index < -0.39 is 0 Å². The van der Waals surface area contributed by atoms with Crippen LogP contribution in [0.5, 0.6) is 0 Å². The normalized spacial score (nSPS) is 44.8. The molecule has 2 rings (SSSR count). The van der Waals surface area contributed by atoms with Crippen molar-refractivity contribution in [1.29, 1.82) is 0 Å². The van der Waals surface area contributed by atoms with E-state index in [9.17, 15) is 0 Å². The van der Waals surface area contributed by atoms with Gasteiger partial charge >= 0.3 is 0 Å². The molecule has 0 aromatic rings. The minimum Gasteiger partial charge on any atom is -0.0649 e. The minimum absolute atomic E-state index is 0.630. The Balaban J connectivity index is 2.16. The lowest BCUT2D eigenvalue weighted by atomic mass is 9.64. The van der Waals surface area contributed by atoms with Gasteiger partial charge in [0.15, 0.2) is 0 Å². The van der Waals surface area contributed by atoms with Crippen molar-refractivity contribution in [1.82, 2.24) is 0 Å². The molecule has 0 bridgehead atoms. The fourth-order valence-corrected chi connectivity index (χ4v) is 4.49. The molecule has 0 spiro atoms. The summed E-state index contributed by atoms with van der Waals surface area (Å²) in [6.07, 6.45) is 10.3. The first-order valence-electron chi connectivity index (χ1n) is 6.99. The molecule has 0 amide bonds. The maximum Gasteiger partial charge on any atom is -0.0297 e. The van der Waals surface area contributed by atoms with Crippen LogP contribution < -0.4 is 0 Å². The quantitative estimate of drug-likeness (QED) is 0.597. The van der Waals surface area contributed by atoms with Crippen molar-refractivity contribution in [3.05, 3.63) is 0 Å². The van der Waals surface area contributed by atoms with E-state index in [1.807, 2.05) is 0 Å². The van der Waals surface area contributed by atoms with Crippen LogP contribution in [0, 0.1) is 22.7 Å². The molecule has 0 heterocycles. The van der Waals surface area contributed by atoms with Gasteiger partial charge in [0.2, 0.25) is 0 Å². The summed E-state index contributed by atoms with van der Waals surface area (Å²) in [5.41, 5.74) is 1.30. The first-order chi connectivity index (χ1) is 6.99. The molecule has 0 aliphatic heterocycles. The van der Waals surface area contributed by atoms with Crippen molar-refractivity contribution in [3.63, 3.8) is 0 Å². The average molecular weight is 208 g/mol. The minimum atomic E-state index is 0.630. The lowest BCUT2D eigenvalue weighted by molar-refractivity contribution is 0.0834. The van der Waals surface area contributed by atoms with Crippen molar-refractivity contribution >= 4 is 0 Å². The molecule has 2 fully saturated rings. The smallest absolute Gasteiger partial charge is 0.0297 e. The molecule has 0 N–H and O–H groups in total. The molecular formula is C15H28. The lowest BCUT2D eigenvalue weighted by Crippen LogP contribution is -2.33. The molecule has 0 radical (unpaired) electrons. The second-order valence-electron chi connectivity index (χ2n) is 6.99. The van der Waals surface area contributed by atoms with Crippen LogP contribution in [-0.2, 0) is 0 Å². The van der Waals surface area contributed by atoms with E-state index in [1.54, 1.807) is 0 Å². The molecule has 2 unspecified atom stereocenters. The van der Waals surface area contributed by atoms with E-state index in [0.717, 1.165) is 11.8 Å². The average Bonchev–Trinajstić information content (AvgIpc) is 2.70. The third kappa shape index (κ3) is 1.85. The van der Waals surface area contributed by atoms with Gasteiger partial charge in [0.25, 0.3) is 0 Å². The van der Waals surface area contributed by atoms with Crippen LogP contribution in [0.2, 0.25) is 0 Å². The number of hydrogen-bond acceptors (Lipinski definition) is 0. The second kappa shape index (κ2) is 3.79. The van der Waals surface area contributed by atoms with Crippen LogP contribution in [0.1, 0.15) is 72.6 Å². The molecule has 88 valence electrons. The monoisotopic (exact) mass is 208 g/mol. The summed E-state index contributed by atoms with van der Waals surface area (Å²) < 4.78 is 0. The molecule has 0 aromatic heterocycles. The maximum atomic E-state index is 2.55. The topological polar surface area (TPSA) is 0 Å². The number of rotatable bonds is 2. The largest absolute Gasteiger partial charge is 0.0649 e. The van der Waals surface area contributed by atoms with Crippen molar-refractivity contribution in [2.45, 2.75) is 72.6 Å². The van der Waals surface area contributed by atoms with Gasteiger partial charge in [-0.1, -0.05) is 47.0 Å². The summed E-state index contributed by atoms with van der Waals surface area (Å²) in [4.78, 5) is 0. The van der Waals surface area contributed by atoms with Gasteiger partial charge in [-0.05, 0) is 48.3 Å². The van der Waals surface area contributed by atoms with E-state index in [1.165, 1.54) is 44.9 Å². The molecule has 15 heavy (non-hydrogen) atoms. The molecule has 0 heteroatoms. The molecular weight excluding hydrogens is 180 g/mol. The lowest BCUT2D eigenvalue weighted by Gasteiger charge is -2.41. The Morgan fingerprint density at radius 1 is 0.933 bits per heavy atom. The van der Waals surface area contributed by atoms with E-state index in [0.29, 0.717) is 10.8 Å². The third-order valence-corrected chi connectivity index (χ3v) is 5.79. The predicted octanol–water partition coefficient (Wildman–Crippen LogP) is 5.03. The maximum absolute atomic E-state index is 2.55. The highest BCUT2D eigenvalue weighted by Crippen LogP contribution is 2.57. The van der Waals surface area contributed by atoms with Crippen LogP contribution >= 0.6 is 0 Å². The molecule has 2 saturated carbocycles. The molecule has 2 aliphatic carbocycles. The Labute approximate surface area is 95.8 Å². The third-order valence-electron chi connectivity index (χ3n) is 5.79. The second-order valence-corrected chi connectivity index (χ2v) is 6.99. The summed E-state index contributed by atoms with van der Waals surface area (Å²) in [5, 5.41) is 0. The van der Waals surface area contributed by atoms with Gasteiger partial charge in [-0.3, -0.25) is 0 Å². The first-order valence-corrected chi connectivity index (χ1v) is 6.99. The Bertz CT molecular complexity index is 228. The van der Waals surface area contributed by atoms with Crippen LogP contribution in [-0.4, -0.2) is 0 Å². The molecule has 0 aromatic carbocycles. The van der Waals surface area contributed by atoms with Crippen molar-refractivity contribution < 1.29 is 0 Å². The Kier molecular flexibility index (Phi) is 2.90. The van der Waals surface area contributed by atoms with Gasteiger partial charge in [0.1, 0.15) is 0 Å². The van der Waals surface area contributed by atoms with Crippen molar-refractivity contribution in [2.75, 3.05) is 0 Å². The number of hydrogen-bond donors (Lipinski definition) is 0. The Hall–Kier alpha value is 0. The van der Waals surface area contributed by atoms with Crippen LogP contribution in [0.4, 0.5) is 0 Å². The SMILES string of the molecule is CC[C@]1(C)CCCC1C1CCCC1(C)C. The Morgan fingerprint density at radius 2 is 1.53 bits per heavy atom. The van der Waals surface area contributed by atoms with E-state index >= 15 is 0 Å². The summed E-state index contributed by atoms with van der Waals surface area (Å²) in [5.74, 6) is 2.05. The van der Waals surface area contributed by atoms with Crippen molar-refractivity contribution in [3.8, 4) is 0 Å². The fraction of sp³-hybridized carbons (Fsp3) is 1.00. The van der Waals surface area contributed by atoms with Gasteiger partial charge in [0.05, 0.1) is 0 Å². The Morgan fingerprint density at radius 3 is 2.07 bits per heavy atom. The van der Waals surface area contributed by atoms with E-state index in [4.69, 9.17) is 0 Å². The molecule has 0 nitrogen and oxygen atoms in total. The summed E-state index contributed by atoms with van der Waals surface area (Å²) in [6, 6.07) is 0. The van der Waals surface area contributed by atoms with E-state index in [-0.39, 0.29) is 0 Å². The van der Waals surface area contributed by atoms with Crippen LogP contribution in [0.25, 0.3) is 0 Å². The zero-order chi connectivity index (χ0) is 11.1. The highest BCUT2D eigenvalue weighted by Gasteiger charge is 2.48. The highest BCUT2D eigenvalue weighted by atomic mass is 14.5. The molecule has 3 atom stereocenters. The van der Waals surface area contributed by atoms with Crippen LogP contribution in [0.3, 0.4) is 0 Å². The molecule has 0 saturated heterocycles. The zero-order valence-corrected chi connectivity index (χ0v) is 11.1. The zero-order valence-electron chi connectivity index (χ0n) is 11.1. The van der Waals surface area contributed by atoms with Gasteiger partial charge in [-0.2, -0.15) is 0 Å². The fourth-order valence-electron chi connectivity index (χ4n) is 4.49. The van der Waals surface area contributed by atoms with Crippen molar-refractivity contribution in [2.24, 2.45) is 22.7 Å². The van der Waals surface area contributed by atoms with Crippen LogP contribution in [0.15, 0.2) is 0 Å². The van der Waals surface area contributed by atoms with Gasteiger partial charge in [0, 0.05) is 0 Å².